The van der Waals surface area contributed by atoms with E-state index < -0.39 is 0 Å². The minimum Gasteiger partial charge on any atom is -0.0998 e. The molecule has 0 radical (unpaired) electrons. The van der Waals surface area contributed by atoms with Crippen molar-refractivity contribution in [2.45, 2.75) is 47.0 Å². The molecule has 1 rings (SSSR count). The molecular weight excluding hydrogens is 192 g/mol. The van der Waals surface area contributed by atoms with Gasteiger partial charge in [-0.15, -0.1) is 0 Å². The fraction of sp³-hybridized carbons (Fsp3) is 0.625. The van der Waals surface area contributed by atoms with Crippen LogP contribution in [0.5, 0.6) is 0 Å². The van der Waals surface area contributed by atoms with Gasteiger partial charge in [0.25, 0.3) is 0 Å². The molecule has 0 aromatic rings. The average molecular weight is 218 g/mol. The van der Waals surface area contributed by atoms with Crippen molar-refractivity contribution in [3.8, 4) is 0 Å². The highest BCUT2D eigenvalue weighted by Crippen LogP contribution is 2.47. The second-order valence-electron chi connectivity index (χ2n) is 5.96. The third-order valence-corrected chi connectivity index (χ3v) is 4.07. The molecule has 1 aliphatic rings. The second kappa shape index (κ2) is 5.03. The number of hydrogen-bond acceptors (Lipinski definition) is 0. The third-order valence-electron chi connectivity index (χ3n) is 4.07. The first-order chi connectivity index (χ1) is 7.35. The van der Waals surface area contributed by atoms with E-state index in [0.29, 0.717) is 5.92 Å². The molecule has 0 heterocycles. The Bertz CT molecular complexity index is 304. The van der Waals surface area contributed by atoms with E-state index >= 15 is 0 Å². The van der Waals surface area contributed by atoms with Crippen LogP contribution in [0.2, 0.25) is 0 Å². The minimum atomic E-state index is 0.253. The Kier molecular flexibility index (Phi) is 4.18. The van der Waals surface area contributed by atoms with Crippen molar-refractivity contribution < 1.29 is 0 Å². The molecular formula is C16H26. The maximum absolute atomic E-state index is 4.24. The SMILES string of the molecule is C=C(C)C/C=C/[C@H]1C(C)CCC(=C)C1(C)C. The smallest absolute Gasteiger partial charge is 0.00821 e. The van der Waals surface area contributed by atoms with Crippen molar-refractivity contribution in [1.29, 1.82) is 0 Å². The van der Waals surface area contributed by atoms with Crippen LogP contribution in [0.1, 0.15) is 47.0 Å². The minimum absolute atomic E-state index is 0.253. The molecule has 90 valence electrons. The van der Waals surface area contributed by atoms with Crippen LogP contribution in [0.4, 0.5) is 0 Å². The zero-order chi connectivity index (χ0) is 12.3. The fourth-order valence-corrected chi connectivity index (χ4v) is 2.70. The maximum atomic E-state index is 4.24. The molecule has 0 N–H and O–H groups in total. The van der Waals surface area contributed by atoms with Gasteiger partial charge in [0.1, 0.15) is 0 Å². The summed E-state index contributed by atoms with van der Waals surface area (Å²) in [5.74, 6) is 1.40. The molecule has 16 heavy (non-hydrogen) atoms. The number of allylic oxidation sites excluding steroid dienone is 4. The van der Waals surface area contributed by atoms with Gasteiger partial charge in [-0.1, -0.05) is 57.2 Å². The second-order valence-corrected chi connectivity index (χ2v) is 5.96. The van der Waals surface area contributed by atoms with Gasteiger partial charge in [0.05, 0.1) is 0 Å². The van der Waals surface area contributed by atoms with Crippen LogP contribution in [0.15, 0.2) is 36.5 Å². The van der Waals surface area contributed by atoms with E-state index in [0.717, 1.165) is 12.3 Å². The van der Waals surface area contributed by atoms with Gasteiger partial charge in [-0.3, -0.25) is 0 Å². The Balaban J connectivity index is 2.77. The summed E-state index contributed by atoms with van der Waals surface area (Å²) in [6.45, 7) is 17.3. The predicted octanol–water partition coefficient (Wildman–Crippen LogP) is 5.14. The molecule has 0 bridgehead atoms. The molecule has 0 nitrogen and oxygen atoms in total. The maximum Gasteiger partial charge on any atom is -0.00821 e. The topological polar surface area (TPSA) is 0 Å². The van der Waals surface area contributed by atoms with Crippen LogP contribution in [0.3, 0.4) is 0 Å². The van der Waals surface area contributed by atoms with Gasteiger partial charge in [0.2, 0.25) is 0 Å². The standard InChI is InChI=1S/C16H26/c1-12(2)8-7-9-15-13(3)10-11-14(4)16(15,5)6/h7,9,13,15H,1,4,8,10-11H2,2-3,5-6H3/b9-7+/t13?,15-/m0/s1. The third kappa shape index (κ3) is 2.87. The van der Waals surface area contributed by atoms with Crippen molar-refractivity contribution >= 4 is 0 Å². The summed E-state index contributed by atoms with van der Waals surface area (Å²) in [5, 5.41) is 0. The lowest BCUT2D eigenvalue weighted by molar-refractivity contribution is 0.187. The highest BCUT2D eigenvalue weighted by Gasteiger charge is 2.37. The first-order valence-electron chi connectivity index (χ1n) is 6.35. The van der Waals surface area contributed by atoms with Crippen molar-refractivity contribution in [3.05, 3.63) is 36.5 Å². The van der Waals surface area contributed by atoms with Crippen molar-refractivity contribution in [2.75, 3.05) is 0 Å². The molecule has 2 atom stereocenters. The van der Waals surface area contributed by atoms with Gasteiger partial charge in [0.15, 0.2) is 0 Å². The van der Waals surface area contributed by atoms with Crippen LogP contribution in [0.25, 0.3) is 0 Å². The van der Waals surface area contributed by atoms with E-state index in [1.165, 1.54) is 24.0 Å². The summed E-state index contributed by atoms with van der Waals surface area (Å²) in [6, 6.07) is 0. The van der Waals surface area contributed by atoms with Crippen molar-refractivity contribution in [3.63, 3.8) is 0 Å². The molecule has 1 fully saturated rings. The summed E-state index contributed by atoms with van der Waals surface area (Å²) in [6.07, 6.45) is 8.16. The predicted molar refractivity (Wildman–Crippen MR) is 73.4 cm³/mol. The molecule has 0 spiro atoms. The van der Waals surface area contributed by atoms with E-state index in [-0.39, 0.29) is 5.41 Å². The Labute approximate surface area is 101 Å². The molecule has 0 amide bonds. The van der Waals surface area contributed by atoms with Gasteiger partial charge >= 0.3 is 0 Å². The number of hydrogen-bond donors (Lipinski definition) is 0. The van der Waals surface area contributed by atoms with Crippen LogP contribution >= 0.6 is 0 Å². The van der Waals surface area contributed by atoms with Gasteiger partial charge in [-0.2, -0.15) is 0 Å². The van der Waals surface area contributed by atoms with Crippen LogP contribution < -0.4 is 0 Å². The first kappa shape index (κ1) is 13.3. The Morgan fingerprint density at radius 3 is 2.69 bits per heavy atom. The quantitative estimate of drug-likeness (QED) is 0.575. The van der Waals surface area contributed by atoms with Gasteiger partial charge in [-0.25, -0.2) is 0 Å². The largest absolute Gasteiger partial charge is 0.0998 e. The van der Waals surface area contributed by atoms with E-state index in [4.69, 9.17) is 0 Å². The highest BCUT2D eigenvalue weighted by molar-refractivity contribution is 5.18. The zero-order valence-electron chi connectivity index (χ0n) is 11.3. The van der Waals surface area contributed by atoms with Gasteiger partial charge in [0, 0.05) is 0 Å². The van der Waals surface area contributed by atoms with Crippen molar-refractivity contribution in [2.24, 2.45) is 17.3 Å². The molecule has 1 saturated carbocycles. The Morgan fingerprint density at radius 1 is 1.50 bits per heavy atom. The van der Waals surface area contributed by atoms with E-state index in [1.807, 2.05) is 0 Å². The Hall–Kier alpha value is -0.780. The molecule has 0 saturated heterocycles. The number of rotatable bonds is 3. The summed E-state index contributed by atoms with van der Waals surface area (Å²) in [7, 11) is 0. The summed E-state index contributed by atoms with van der Waals surface area (Å²) >= 11 is 0. The molecule has 0 aromatic carbocycles. The molecule has 1 unspecified atom stereocenters. The molecule has 0 heteroatoms. The zero-order valence-corrected chi connectivity index (χ0v) is 11.3. The summed E-state index contributed by atoms with van der Waals surface area (Å²) < 4.78 is 0. The normalized spacial score (nSPS) is 29.6. The molecule has 0 aromatic heterocycles. The lowest BCUT2D eigenvalue weighted by atomic mass is 9.62. The van der Waals surface area contributed by atoms with Crippen LogP contribution in [-0.4, -0.2) is 0 Å². The fourth-order valence-electron chi connectivity index (χ4n) is 2.70. The molecule has 1 aliphatic carbocycles. The van der Waals surface area contributed by atoms with Crippen LogP contribution in [0, 0.1) is 17.3 Å². The summed E-state index contributed by atoms with van der Waals surface area (Å²) in [5.41, 5.74) is 2.90. The van der Waals surface area contributed by atoms with E-state index in [2.05, 4.69) is 53.0 Å². The van der Waals surface area contributed by atoms with E-state index in [1.54, 1.807) is 0 Å². The van der Waals surface area contributed by atoms with Gasteiger partial charge < -0.3 is 0 Å². The monoisotopic (exact) mass is 218 g/mol. The van der Waals surface area contributed by atoms with Crippen LogP contribution in [-0.2, 0) is 0 Å². The lowest BCUT2D eigenvalue weighted by Crippen LogP contribution is -2.34. The average Bonchev–Trinajstić information content (AvgIpc) is 2.17. The van der Waals surface area contributed by atoms with Crippen molar-refractivity contribution in [1.82, 2.24) is 0 Å². The summed E-state index contributed by atoms with van der Waals surface area (Å²) in [4.78, 5) is 0. The Morgan fingerprint density at radius 2 is 2.12 bits per heavy atom. The highest BCUT2D eigenvalue weighted by atomic mass is 14.4. The first-order valence-corrected chi connectivity index (χ1v) is 6.35. The molecule has 0 aliphatic heterocycles. The van der Waals surface area contributed by atoms with E-state index in [9.17, 15) is 0 Å². The lowest BCUT2D eigenvalue weighted by Gasteiger charge is -2.43. The van der Waals surface area contributed by atoms with Gasteiger partial charge in [-0.05, 0) is 43.4 Å².